The first-order valence-corrected chi connectivity index (χ1v) is 4.89. The number of piperidine rings is 1. The molecule has 1 aliphatic heterocycles. The summed E-state index contributed by atoms with van der Waals surface area (Å²) in [5.74, 6) is -0.744. The van der Waals surface area contributed by atoms with Gasteiger partial charge in [-0.15, -0.1) is 0 Å². The topological polar surface area (TPSA) is 46.2 Å². The van der Waals surface area contributed by atoms with Crippen molar-refractivity contribution in [3.8, 4) is 0 Å². The molecule has 0 aromatic rings. The van der Waals surface area contributed by atoms with Crippen LogP contribution >= 0.6 is 0 Å². The van der Waals surface area contributed by atoms with E-state index in [0.29, 0.717) is 5.57 Å². The number of amides is 2. The van der Waals surface area contributed by atoms with Crippen LogP contribution in [0.15, 0.2) is 47.6 Å². The van der Waals surface area contributed by atoms with Crippen molar-refractivity contribution in [2.45, 2.75) is 0 Å². The summed E-state index contributed by atoms with van der Waals surface area (Å²) in [5, 5.41) is 2.38. The van der Waals surface area contributed by atoms with Crippen molar-refractivity contribution in [2.75, 3.05) is 0 Å². The highest BCUT2D eigenvalue weighted by Crippen LogP contribution is 2.38. The van der Waals surface area contributed by atoms with Gasteiger partial charge in [0, 0.05) is 11.5 Å². The second kappa shape index (κ2) is 2.79. The number of hydrogen-bond donors (Lipinski definition) is 1. The zero-order chi connectivity index (χ0) is 10.4. The minimum atomic E-state index is -0.258. The number of imide groups is 1. The molecule has 1 heterocycles. The molecule has 3 rings (SSSR count). The van der Waals surface area contributed by atoms with Crippen molar-refractivity contribution >= 4 is 11.8 Å². The van der Waals surface area contributed by atoms with E-state index < -0.39 is 0 Å². The van der Waals surface area contributed by atoms with Crippen LogP contribution in [0, 0.1) is 11.8 Å². The maximum absolute atomic E-state index is 11.6. The first kappa shape index (κ1) is 8.41. The lowest BCUT2D eigenvalue weighted by molar-refractivity contribution is -0.133. The average Bonchev–Trinajstić information content (AvgIpc) is 2.25. The highest BCUT2D eigenvalue weighted by molar-refractivity contribution is 6.10. The Morgan fingerprint density at radius 1 is 1.13 bits per heavy atom. The molecule has 3 heteroatoms. The summed E-state index contributed by atoms with van der Waals surface area (Å²) in [4.78, 5) is 23.2. The molecule has 1 N–H and O–H groups in total. The van der Waals surface area contributed by atoms with Crippen LogP contribution in [-0.2, 0) is 9.59 Å². The molecule has 74 valence electrons. The molecule has 3 aliphatic rings. The van der Waals surface area contributed by atoms with Crippen LogP contribution in [0.25, 0.3) is 0 Å². The number of hydrogen-bond acceptors (Lipinski definition) is 2. The minimum Gasteiger partial charge on any atom is -0.292 e. The van der Waals surface area contributed by atoms with Gasteiger partial charge in [-0.1, -0.05) is 36.5 Å². The minimum absolute atomic E-state index is 0.0683. The van der Waals surface area contributed by atoms with E-state index in [1.807, 2.05) is 30.4 Å². The van der Waals surface area contributed by atoms with Gasteiger partial charge in [-0.3, -0.25) is 14.9 Å². The molecule has 0 aromatic carbocycles. The highest BCUT2D eigenvalue weighted by atomic mass is 16.2. The van der Waals surface area contributed by atoms with Crippen molar-refractivity contribution < 1.29 is 9.59 Å². The Bertz CT molecular complexity index is 480. The number of carbonyl (C=O) groups is 2. The van der Waals surface area contributed by atoms with Crippen molar-refractivity contribution in [2.24, 2.45) is 11.8 Å². The van der Waals surface area contributed by atoms with Crippen LogP contribution in [0.1, 0.15) is 0 Å². The smallest absolute Gasteiger partial charge is 0.254 e. The molecule has 1 fully saturated rings. The fourth-order valence-corrected chi connectivity index (χ4v) is 2.33. The van der Waals surface area contributed by atoms with Crippen LogP contribution in [0.2, 0.25) is 0 Å². The van der Waals surface area contributed by atoms with Crippen molar-refractivity contribution in [3.63, 3.8) is 0 Å². The molecule has 3 nitrogen and oxygen atoms in total. The standard InChI is InChI=1S/C12H9NO2/c14-11-8-5-1-3-7-4-2-6-9(10(7)8)12(15)13-11/h1-6,8,10H,(H,13,14,15). The maximum atomic E-state index is 11.6. The number of carbonyl (C=O) groups excluding carboxylic acids is 2. The third-order valence-corrected chi connectivity index (χ3v) is 3.03. The predicted octanol–water partition coefficient (Wildman–Crippen LogP) is 0.868. The van der Waals surface area contributed by atoms with Crippen molar-refractivity contribution in [3.05, 3.63) is 47.6 Å². The van der Waals surface area contributed by atoms with Gasteiger partial charge in [0.05, 0.1) is 5.92 Å². The Labute approximate surface area is 86.9 Å². The lowest BCUT2D eigenvalue weighted by Gasteiger charge is -2.34. The largest absolute Gasteiger partial charge is 0.292 e. The van der Waals surface area contributed by atoms with Crippen LogP contribution in [0.4, 0.5) is 0 Å². The van der Waals surface area contributed by atoms with E-state index in [-0.39, 0.29) is 23.7 Å². The quantitative estimate of drug-likeness (QED) is 0.588. The first-order chi connectivity index (χ1) is 7.27. The summed E-state index contributed by atoms with van der Waals surface area (Å²) in [6, 6.07) is 0. The summed E-state index contributed by atoms with van der Waals surface area (Å²) < 4.78 is 0. The van der Waals surface area contributed by atoms with E-state index in [1.165, 1.54) is 0 Å². The Hall–Kier alpha value is -1.90. The van der Waals surface area contributed by atoms with Gasteiger partial charge < -0.3 is 0 Å². The van der Waals surface area contributed by atoms with E-state index in [1.54, 1.807) is 6.08 Å². The molecule has 0 saturated carbocycles. The Balaban J connectivity index is 2.16. The number of allylic oxidation sites excluding steroid dienone is 6. The lowest BCUT2D eigenvalue weighted by Crippen LogP contribution is -2.48. The van der Waals surface area contributed by atoms with Crippen LogP contribution in [0.5, 0.6) is 0 Å². The van der Waals surface area contributed by atoms with Gasteiger partial charge in [-0.2, -0.15) is 0 Å². The van der Waals surface area contributed by atoms with E-state index in [2.05, 4.69) is 5.32 Å². The molecule has 2 amide bonds. The Morgan fingerprint density at radius 2 is 2.00 bits per heavy atom. The zero-order valence-electron chi connectivity index (χ0n) is 7.94. The molecule has 1 saturated heterocycles. The molecule has 15 heavy (non-hydrogen) atoms. The third kappa shape index (κ3) is 1.06. The van der Waals surface area contributed by atoms with Gasteiger partial charge in [-0.05, 0) is 5.57 Å². The van der Waals surface area contributed by atoms with E-state index >= 15 is 0 Å². The normalized spacial score (nSPS) is 31.7. The summed E-state index contributed by atoms with van der Waals surface area (Å²) in [7, 11) is 0. The number of nitrogens with one attached hydrogen (secondary N) is 1. The zero-order valence-corrected chi connectivity index (χ0v) is 7.94. The van der Waals surface area contributed by atoms with Crippen molar-refractivity contribution in [1.29, 1.82) is 0 Å². The number of rotatable bonds is 0. The third-order valence-electron chi connectivity index (χ3n) is 3.03. The lowest BCUT2D eigenvalue weighted by atomic mass is 9.72. The van der Waals surface area contributed by atoms with E-state index in [0.717, 1.165) is 5.57 Å². The molecule has 0 radical (unpaired) electrons. The maximum Gasteiger partial charge on any atom is 0.254 e. The van der Waals surface area contributed by atoms with E-state index in [4.69, 9.17) is 0 Å². The molecule has 0 bridgehead atoms. The monoisotopic (exact) mass is 199 g/mol. The summed E-state index contributed by atoms with van der Waals surface area (Å²) in [6.45, 7) is 0. The van der Waals surface area contributed by atoms with Crippen LogP contribution in [0.3, 0.4) is 0 Å². The molecular weight excluding hydrogens is 190 g/mol. The fourth-order valence-electron chi connectivity index (χ4n) is 2.33. The van der Waals surface area contributed by atoms with Crippen molar-refractivity contribution in [1.82, 2.24) is 5.32 Å². The second-order valence-electron chi connectivity index (χ2n) is 3.85. The SMILES string of the molecule is O=C1NC(=O)C2C=CC=C3C=CC=C1C32. The molecule has 2 aliphatic carbocycles. The second-order valence-corrected chi connectivity index (χ2v) is 3.85. The van der Waals surface area contributed by atoms with Crippen LogP contribution in [-0.4, -0.2) is 11.8 Å². The summed E-state index contributed by atoms with van der Waals surface area (Å²) in [6.07, 6.45) is 11.3. The fraction of sp³-hybridized carbons (Fsp3) is 0.167. The molecule has 2 atom stereocenters. The van der Waals surface area contributed by atoms with Gasteiger partial charge in [0.15, 0.2) is 0 Å². The Kier molecular flexibility index (Phi) is 1.57. The molecule has 2 unspecified atom stereocenters. The molecule has 0 spiro atoms. The van der Waals surface area contributed by atoms with Gasteiger partial charge in [0.2, 0.25) is 5.91 Å². The molecular formula is C12H9NO2. The van der Waals surface area contributed by atoms with Gasteiger partial charge in [0.1, 0.15) is 0 Å². The molecule has 0 aromatic heterocycles. The first-order valence-electron chi connectivity index (χ1n) is 4.89. The van der Waals surface area contributed by atoms with Gasteiger partial charge >= 0.3 is 0 Å². The average molecular weight is 199 g/mol. The summed E-state index contributed by atoms with van der Waals surface area (Å²) in [5.41, 5.74) is 1.74. The van der Waals surface area contributed by atoms with E-state index in [9.17, 15) is 9.59 Å². The predicted molar refractivity (Wildman–Crippen MR) is 54.6 cm³/mol. The Morgan fingerprint density at radius 3 is 2.87 bits per heavy atom. The van der Waals surface area contributed by atoms with Gasteiger partial charge in [0.25, 0.3) is 5.91 Å². The van der Waals surface area contributed by atoms with Gasteiger partial charge in [-0.25, -0.2) is 0 Å². The summed E-state index contributed by atoms with van der Waals surface area (Å²) >= 11 is 0. The van der Waals surface area contributed by atoms with Crippen LogP contribution < -0.4 is 5.32 Å². The highest BCUT2D eigenvalue weighted by Gasteiger charge is 2.41.